The third kappa shape index (κ3) is 7.60. The van der Waals surface area contributed by atoms with Gasteiger partial charge in [-0.15, -0.1) is 11.3 Å². The lowest BCUT2D eigenvalue weighted by Gasteiger charge is -2.27. The Balaban J connectivity index is 0.00000176. The minimum absolute atomic E-state index is 0.204. The number of ether oxygens (including phenoxy) is 1. The zero-order chi connectivity index (χ0) is 23.9. The highest BCUT2D eigenvalue weighted by atomic mass is 32.1. The molecule has 0 spiro atoms. The van der Waals surface area contributed by atoms with E-state index in [1.807, 2.05) is 40.7 Å². The quantitative estimate of drug-likeness (QED) is 0.665. The van der Waals surface area contributed by atoms with Crippen molar-refractivity contribution in [3.63, 3.8) is 0 Å². The summed E-state index contributed by atoms with van der Waals surface area (Å²) in [6, 6.07) is 7.70. The predicted molar refractivity (Wildman–Crippen MR) is 130 cm³/mol. The molecule has 7 nitrogen and oxygen atoms in total. The molecule has 1 aromatic heterocycles. The highest BCUT2D eigenvalue weighted by Gasteiger charge is 2.24. The summed E-state index contributed by atoms with van der Waals surface area (Å²) < 4.78 is 5.24. The molecule has 0 fully saturated rings. The fourth-order valence-electron chi connectivity index (χ4n) is 3.33. The lowest BCUT2D eigenvalue weighted by molar-refractivity contribution is 0.0523. The number of nitrogens with zero attached hydrogens (tertiary/aromatic N) is 2. The van der Waals surface area contributed by atoms with E-state index >= 15 is 0 Å². The molecule has 0 aliphatic heterocycles. The molecule has 1 unspecified atom stereocenters. The second kappa shape index (κ2) is 11.4. The number of nitrogens with one attached hydrogen (secondary N) is 2. The van der Waals surface area contributed by atoms with Gasteiger partial charge in [-0.2, -0.15) is 0 Å². The monoisotopic (exact) mass is 460 g/mol. The molecule has 2 N–H and O–H groups in total. The molecule has 2 aromatic rings. The first-order valence-electron chi connectivity index (χ1n) is 11.1. The molecule has 1 aliphatic carbocycles. The van der Waals surface area contributed by atoms with Crippen LogP contribution in [0.4, 0.5) is 9.93 Å². The molecule has 1 heterocycles. The number of fused-ring (bicyclic) bond motifs is 1. The van der Waals surface area contributed by atoms with E-state index in [0.29, 0.717) is 16.7 Å². The van der Waals surface area contributed by atoms with Crippen LogP contribution in [0.2, 0.25) is 0 Å². The largest absolute Gasteiger partial charge is 0.444 e. The van der Waals surface area contributed by atoms with E-state index in [1.54, 1.807) is 29.5 Å². The number of anilines is 1. The van der Waals surface area contributed by atoms with Crippen LogP contribution < -0.4 is 10.6 Å². The smallest absolute Gasteiger partial charge is 0.407 e. The van der Waals surface area contributed by atoms with Crippen LogP contribution in [-0.4, -0.2) is 47.6 Å². The normalized spacial score (nSPS) is 15.3. The Morgan fingerprint density at radius 3 is 2.62 bits per heavy atom. The van der Waals surface area contributed by atoms with Crippen LogP contribution in [0.1, 0.15) is 67.5 Å². The van der Waals surface area contributed by atoms with Crippen molar-refractivity contribution in [1.29, 1.82) is 0 Å². The predicted octanol–water partition coefficient (Wildman–Crippen LogP) is 4.87. The van der Waals surface area contributed by atoms with Gasteiger partial charge in [0.15, 0.2) is 5.13 Å². The van der Waals surface area contributed by atoms with Gasteiger partial charge in [0.1, 0.15) is 5.60 Å². The van der Waals surface area contributed by atoms with Gasteiger partial charge in [0.05, 0.1) is 5.69 Å². The molecular weight excluding hydrogens is 424 g/mol. The zero-order valence-electron chi connectivity index (χ0n) is 20.2. The summed E-state index contributed by atoms with van der Waals surface area (Å²) in [4.78, 5) is 32.7. The SMILES string of the molecule is CC.CN(C)C1CCc2nc(NC(=O)c3cccc(CNC(=O)OC(C)(C)C)c3)sc2C1. The highest BCUT2D eigenvalue weighted by Crippen LogP contribution is 2.31. The van der Waals surface area contributed by atoms with Gasteiger partial charge >= 0.3 is 6.09 Å². The number of aromatic nitrogens is 1. The van der Waals surface area contributed by atoms with E-state index in [0.717, 1.165) is 30.5 Å². The first-order valence-corrected chi connectivity index (χ1v) is 11.9. The van der Waals surface area contributed by atoms with Crippen LogP contribution in [0.25, 0.3) is 0 Å². The number of hydrogen-bond donors (Lipinski definition) is 2. The highest BCUT2D eigenvalue weighted by molar-refractivity contribution is 7.15. The Bertz CT molecular complexity index is 918. The maximum absolute atomic E-state index is 12.7. The van der Waals surface area contributed by atoms with Crippen LogP contribution in [0.3, 0.4) is 0 Å². The molecule has 2 amide bonds. The first-order chi connectivity index (χ1) is 15.1. The Labute approximate surface area is 195 Å². The number of alkyl carbamates (subject to hydrolysis) is 1. The average molecular weight is 461 g/mol. The van der Waals surface area contributed by atoms with Crippen molar-refractivity contribution in [2.24, 2.45) is 0 Å². The summed E-state index contributed by atoms with van der Waals surface area (Å²) >= 11 is 1.56. The van der Waals surface area contributed by atoms with Crippen LogP contribution in [0.15, 0.2) is 24.3 Å². The summed E-state index contributed by atoms with van der Waals surface area (Å²) in [5.41, 5.74) is 1.90. The van der Waals surface area contributed by atoms with Gasteiger partial charge in [-0.05, 0) is 71.8 Å². The first kappa shape index (κ1) is 25.8. The topological polar surface area (TPSA) is 83.6 Å². The maximum Gasteiger partial charge on any atom is 0.407 e. The average Bonchev–Trinajstić information content (AvgIpc) is 3.14. The number of carbonyl (C=O) groups is 2. The van der Waals surface area contributed by atoms with E-state index in [2.05, 4.69) is 34.6 Å². The summed E-state index contributed by atoms with van der Waals surface area (Å²) in [7, 11) is 4.20. The number of rotatable bonds is 5. The van der Waals surface area contributed by atoms with Crippen molar-refractivity contribution in [2.45, 2.75) is 72.1 Å². The van der Waals surface area contributed by atoms with Gasteiger partial charge in [-0.25, -0.2) is 9.78 Å². The Morgan fingerprint density at radius 1 is 1.25 bits per heavy atom. The van der Waals surface area contributed by atoms with E-state index in [9.17, 15) is 9.59 Å². The fourth-order valence-corrected chi connectivity index (χ4v) is 4.41. The summed E-state index contributed by atoms with van der Waals surface area (Å²) in [6.45, 7) is 9.73. The minimum Gasteiger partial charge on any atom is -0.444 e. The van der Waals surface area contributed by atoms with Crippen molar-refractivity contribution >= 4 is 28.5 Å². The van der Waals surface area contributed by atoms with Crippen molar-refractivity contribution < 1.29 is 14.3 Å². The van der Waals surface area contributed by atoms with Crippen LogP contribution in [-0.2, 0) is 24.1 Å². The van der Waals surface area contributed by atoms with E-state index in [1.165, 1.54) is 4.88 Å². The van der Waals surface area contributed by atoms with Gasteiger partial charge < -0.3 is 15.0 Å². The van der Waals surface area contributed by atoms with Gasteiger partial charge in [-0.3, -0.25) is 10.1 Å². The second-order valence-electron chi connectivity index (χ2n) is 8.76. The molecule has 176 valence electrons. The molecule has 32 heavy (non-hydrogen) atoms. The van der Waals surface area contributed by atoms with Crippen molar-refractivity contribution in [3.8, 4) is 0 Å². The Morgan fingerprint density at radius 2 is 1.97 bits per heavy atom. The van der Waals surface area contributed by atoms with E-state index < -0.39 is 11.7 Å². The molecular formula is C24H36N4O3S. The summed E-state index contributed by atoms with van der Waals surface area (Å²) in [6.07, 6.45) is 2.52. The lowest BCUT2D eigenvalue weighted by Crippen LogP contribution is -2.32. The van der Waals surface area contributed by atoms with Gasteiger partial charge in [0, 0.05) is 23.0 Å². The van der Waals surface area contributed by atoms with Gasteiger partial charge in [-0.1, -0.05) is 26.0 Å². The van der Waals surface area contributed by atoms with E-state index in [-0.39, 0.29) is 12.5 Å². The number of aryl methyl sites for hydroxylation is 1. The minimum atomic E-state index is -0.550. The van der Waals surface area contributed by atoms with E-state index in [4.69, 9.17) is 4.74 Å². The standard InChI is InChI=1S/C22H30N4O3S.C2H6/c1-22(2,3)29-21(28)23-13-14-7-6-8-15(11-14)19(27)25-20-24-17-10-9-16(26(4)5)12-18(17)30-20;1-2/h6-8,11,16H,9-10,12-13H2,1-5H3,(H,23,28)(H,24,25,27);1-2H3. The molecule has 0 saturated carbocycles. The summed E-state index contributed by atoms with van der Waals surface area (Å²) in [5.74, 6) is -0.204. The summed E-state index contributed by atoms with van der Waals surface area (Å²) in [5, 5.41) is 6.28. The number of likely N-dealkylation sites (N-methyl/N-ethyl adjacent to an activating group) is 1. The van der Waals surface area contributed by atoms with Gasteiger partial charge in [0.25, 0.3) is 5.91 Å². The number of hydrogen-bond acceptors (Lipinski definition) is 6. The number of amides is 2. The second-order valence-corrected chi connectivity index (χ2v) is 9.84. The molecule has 0 radical (unpaired) electrons. The zero-order valence-corrected chi connectivity index (χ0v) is 21.1. The molecule has 3 rings (SSSR count). The van der Waals surface area contributed by atoms with Crippen LogP contribution in [0, 0.1) is 0 Å². The fraction of sp³-hybridized carbons (Fsp3) is 0.542. The lowest BCUT2D eigenvalue weighted by atomic mass is 9.97. The number of carbonyl (C=O) groups excluding carboxylic acids is 2. The van der Waals surface area contributed by atoms with Gasteiger partial charge in [0.2, 0.25) is 0 Å². The third-order valence-electron chi connectivity index (χ3n) is 4.89. The number of thiazole rings is 1. The van der Waals surface area contributed by atoms with Crippen LogP contribution >= 0.6 is 11.3 Å². The molecule has 1 aliphatic rings. The Kier molecular flexibility index (Phi) is 9.21. The molecule has 1 atom stereocenters. The molecule has 0 saturated heterocycles. The van der Waals surface area contributed by atoms with Crippen molar-refractivity contribution in [1.82, 2.24) is 15.2 Å². The maximum atomic E-state index is 12.7. The van der Waals surface area contributed by atoms with Crippen LogP contribution in [0.5, 0.6) is 0 Å². The van der Waals surface area contributed by atoms with Crippen molar-refractivity contribution in [3.05, 3.63) is 46.0 Å². The Hall–Kier alpha value is -2.45. The molecule has 0 bridgehead atoms. The molecule has 8 heteroatoms. The molecule has 1 aromatic carbocycles. The third-order valence-corrected chi connectivity index (χ3v) is 5.92. The number of benzene rings is 1. The van der Waals surface area contributed by atoms with Crippen molar-refractivity contribution in [2.75, 3.05) is 19.4 Å².